The fraction of sp³-hybridized carbons (Fsp3) is 0.167. The van der Waals surface area contributed by atoms with Crippen LogP contribution in [0.1, 0.15) is 12.0 Å². The minimum atomic E-state index is 1.08. The Morgan fingerprint density at radius 1 is 1.15 bits per heavy atom. The van der Waals surface area contributed by atoms with E-state index in [0.29, 0.717) is 0 Å². The summed E-state index contributed by atoms with van der Waals surface area (Å²) >= 11 is 0. The Morgan fingerprint density at radius 3 is 3.00 bits per heavy atom. The molecule has 0 bridgehead atoms. The highest BCUT2D eigenvalue weighted by Crippen LogP contribution is 2.30. The van der Waals surface area contributed by atoms with Crippen LogP contribution in [-0.2, 0) is 6.42 Å². The standard InChI is InChI=1S/C12H11N/c1-9-5-6-10-3-2-4-11-7-8-13(9)12(10)11/h2-4,7-8H,1,5-6H2. The molecule has 13 heavy (non-hydrogen) atoms. The van der Waals surface area contributed by atoms with Crippen molar-refractivity contribution in [2.75, 3.05) is 0 Å². The summed E-state index contributed by atoms with van der Waals surface area (Å²) in [5.74, 6) is 0. The summed E-state index contributed by atoms with van der Waals surface area (Å²) in [6, 6.07) is 8.67. The lowest BCUT2D eigenvalue weighted by atomic mass is 10.0. The Kier molecular flexibility index (Phi) is 1.21. The summed E-state index contributed by atoms with van der Waals surface area (Å²) in [6.07, 6.45) is 4.34. The number of para-hydroxylation sites is 1. The normalized spacial score (nSPS) is 15.2. The number of benzene rings is 1. The molecule has 1 aliphatic rings. The van der Waals surface area contributed by atoms with Gasteiger partial charge in [0, 0.05) is 17.3 Å². The van der Waals surface area contributed by atoms with Gasteiger partial charge in [-0.25, -0.2) is 0 Å². The number of hydrogen-bond donors (Lipinski definition) is 0. The van der Waals surface area contributed by atoms with Gasteiger partial charge < -0.3 is 4.57 Å². The third-order valence-electron chi connectivity index (χ3n) is 2.82. The second-order valence-electron chi connectivity index (χ2n) is 3.61. The van der Waals surface area contributed by atoms with Gasteiger partial charge in [-0.15, -0.1) is 0 Å². The van der Waals surface area contributed by atoms with Crippen molar-refractivity contribution < 1.29 is 0 Å². The van der Waals surface area contributed by atoms with Crippen LogP contribution in [0.5, 0.6) is 0 Å². The van der Waals surface area contributed by atoms with E-state index in [1.807, 2.05) is 0 Å². The molecular weight excluding hydrogens is 158 g/mol. The average molecular weight is 169 g/mol. The van der Waals surface area contributed by atoms with Crippen LogP contribution in [0.25, 0.3) is 16.6 Å². The Morgan fingerprint density at radius 2 is 2.08 bits per heavy atom. The molecule has 1 heteroatoms. The minimum absolute atomic E-state index is 1.08. The fourth-order valence-electron chi connectivity index (χ4n) is 2.13. The van der Waals surface area contributed by atoms with Crippen molar-refractivity contribution in [3.63, 3.8) is 0 Å². The minimum Gasteiger partial charge on any atom is -0.321 e. The molecule has 3 rings (SSSR count). The van der Waals surface area contributed by atoms with Gasteiger partial charge >= 0.3 is 0 Å². The van der Waals surface area contributed by atoms with Gasteiger partial charge in [0.15, 0.2) is 0 Å². The molecule has 1 nitrogen and oxygen atoms in total. The number of nitrogens with zero attached hydrogens (tertiary/aromatic N) is 1. The second-order valence-corrected chi connectivity index (χ2v) is 3.61. The summed E-state index contributed by atoms with van der Waals surface area (Å²) in [5, 5.41) is 1.33. The zero-order valence-corrected chi connectivity index (χ0v) is 7.46. The van der Waals surface area contributed by atoms with Crippen LogP contribution in [0.2, 0.25) is 0 Å². The van der Waals surface area contributed by atoms with Crippen LogP contribution in [-0.4, -0.2) is 4.57 Å². The van der Waals surface area contributed by atoms with Gasteiger partial charge in [-0.1, -0.05) is 24.8 Å². The van der Waals surface area contributed by atoms with Crippen LogP contribution in [0.15, 0.2) is 37.0 Å². The van der Waals surface area contributed by atoms with Gasteiger partial charge in [0.25, 0.3) is 0 Å². The van der Waals surface area contributed by atoms with Crippen LogP contribution in [0.3, 0.4) is 0 Å². The predicted octanol–water partition coefficient (Wildman–Crippen LogP) is 3.06. The molecule has 0 saturated carbocycles. The zero-order chi connectivity index (χ0) is 8.84. The highest BCUT2D eigenvalue weighted by Gasteiger charge is 2.13. The molecule has 0 amide bonds. The van der Waals surface area contributed by atoms with Crippen molar-refractivity contribution in [1.82, 2.24) is 4.57 Å². The molecule has 0 fully saturated rings. The van der Waals surface area contributed by atoms with Crippen LogP contribution < -0.4 is 0 Å². The largest absolute Gasteiger partial charge is 0.321 e. The molecule has 0 radical (unpaired) electrons. The molecule has 0 aliphatic carbocycles. The highest BCUT2D eigenvalue weighted by atomic mass is 15.0. The van der Waals surface area contributed by atoms with Crippen LogP contribution in [0, 0.1) is 0 Å². The molecule has 1 aromatic carbocycles. The van der Waals surface area contributed by atoms with Gasteiger partial charge in [-0.2, -0.15) is 0 Å². The molecule has 0 unspecified atom stereocenters. The summed E-state index contributed by atoms with van der Waals surface area (Å²) in [6.45, 7) is 4.07. The molecule has 0 N–H and O–H groups in total. The number of allylic oxidation sites excluding steroid dienone is 1. The summed E-state index contributed by atoms with van der Waals surface area (Å²) in [7, 11) is 0. The van der Waals surface area contributed by atoms with E-state index >= 15 is 0 Å². The van der Waals surface area contributed by atoms with Gasteiger partial charge in [0.2, 0.25) is 0 Å². The van der Waals surface area contributed by atoms with E-state index in [0.717, 1.165) is 12.8 Å². The Balaban J connectivity index is 2.51. The van der Waals surface area contributed by atoms with E-state index in [-0.39, 0.29) is 0 Å². The molecule has 0 atom stereocenters. The Bertz CT molecular complexity index is 491. The average Bonchev–Trinajstić information content (AvgIpc) is 2.57. The number of aromatic nitrogens is 1. The summed E-state index contributed by atoms with van der Waals surface area (Å²) in [4.78, 5) is 0. The van der Waals surface area contributed by atoms with Gasteiger partial charge in [0.05, 0.1) is 5.52 Å². The number of rotatable bonds is 0. The van der Waals surface area contributed by atoms with E-state index in [9.17, 15) is 0 Å². The van der Waals surface area contributed by atoms with E-state index in [1.165, 1.54) is 22.2 Å². The molecule has 0 spiro atoms. The first-order chi connectivity index (χ1) is 6.36. The van der Waals surface area contributed by atoms with E-state index in [1.54, 1.807) is 0 Å². The van der Waals surface area contributed by atoms with Crippen molar-refractivity contribution in [3.05, 3.63) is 42.6 Å². The van der Waals surface area contributed by atoms with Gasteiger partial charge in [0.1, 0.15) is 0 Å². The lowest BCUT2D eigenvalue weighted by molar-refractivity contribution is 0.913. The molecule has 1 aromatic heterocycles. The van der Waals surface area contributed by atoms with Gasteiger partial charge in [-0.05, 0) is 24.5 Å². The van der Waals surface area contributed by atoms with E-state index in [2.05, 4.69) is 41.6 Å². The smallest absolute Gasteiger partial charge is 0.0557 e. The highest BCUT2D eigenvalue weighted by molar-refractivity contribution is 5.87. The Hall–Kier alpha value is -1.50. The first kappa shape index (κ1) is 6.96. The monoisotopic (exact) mass is 169 g/mol. The third-order valence-corrected chi connectivity index (χ3v) is 2.82. The molecule has 0 saturated heterocycles. The molecular formula is C12H11N. The molecule has 2 heterocycles. The molecule has 2 aromatic rings. The molecule has 1 aliphatic heterocycles. The van der Waals surface area contributed by atoms with E-state index < -0.39 is 0 Å². The maximum Gasteiger partial charge on any atom is 0.0557 e. The second kappa shape index (κ2) is 2.25. The lowest BCUT2D eigenvalue weighted by Crippen LogP contribution is -2.04. The van der Waals surface area contributed by atoms with Crippen molar-refractivity contribution in [1.29, 1.82) is 0 Å². The quantitative estimate of drug-likeness (QED) is 0.571. The maximum atomic E-state index is 4.07. The Labute approximate surface area is 77.3 Å². The summed E-state index contributed by atoms with van der Waals surface area (Å²) in [5.41, 5.74) is 4.03. The van der Waals surface area contributed by atoms with Crippen molar-refractivity contribution in [3.8, 4) is 0 Å². The van der Waals surface area contributed by atoms with Crippen molar-refractivity contribution >= 4 is 16.6 Å². The van der Waals surface area contributed by atoms with Crippen molar-refractivity contribution in [2.24, 2.45) is 0 Å². The SMILES string of the molecule is C=C1CCc2cccc3ccn1c23. The third kappa shape index (κ3) is 0.816. The van der Waals surface area contributed by atoms with Crippen LogP contribution >= 0.6 is 0 Å². The fourth-order valence-corrected chi connectivity index (χ4v) is 2.13. The first-order valence-corrected chi connectivity index (χ1v) is 4.63. The predicted molar refractivity (Wildman–Crippen MR) is 55.6 cm³/mol. The topological polar surface area (TPSA) is 4.93 Å². The van der Waals surface area contributed by atoms with Crippen LogP contribution in [0.4, 0.5) is 0 Å². The summed E-state index contributed by atoms with van der Waals surface area (Å²) < 4.78 is 2.22. The maximum absolute atomic E-state index is 4.07. The zero-order valence-electron chi connectivity index (χ0n) is 7.46. The lowest BCUT2D eigenvalue weighted by Gasteiger charge is -2.17. The molecule has 64 valence electrons. The van der Waals surface area contributed by atoms with E-state index in [4.69, 9.17) is 0 Å². The number of hydrogen-bond acceptors (Lipinski definition) is 0. The number of aryl methyl sites for hydroxylation is 1. The van der Waals surface area contributed by atoms with Crippen molar-refractivity contribution in [2.45, 2.75) is 12.8 Å². The van der Waals surface area contributed by atoms with Gasteiger partial charge in [-0.3, -0.25) is 0 Å². The first-order valence-electron chi connectivity index (χ1n) is 4.63.